The second-order valence-corrected chi connectivity index (χ2v) is 7.36. The van der Waals surface area contributed by atoms with Crippen molar-refractivity contribution in [2.75, 3.05) is 13.7 Å². The summed E-state index contributed by atoms with van der Waals surface area (Å²) < 4.78 is 13.0. The van der Waals surface area contributed by atoms with Gasteiger partial charge < -0.3 is 13.7 Å². The van der Waals surface area contributed by atoms with Gasteiger partial charge in [-0.25, -0.2) is 4.79 Å². The van der Waals surface area contributed by atoms with Crippen molar-refractivity contribution in [3.05, 3.63) is 100 Å². The second-order valence-electron chi connectivity index (χ2n) is 7.36. The van der Waals surface area contributed by atoms with Gasteiger partial charge in [0.25, 0.3) is 0 Å². The summed E-state index contributed by atoms with van der Waals surface area (Å²) in [6, 6.07) is 22.2. The fraction of sp³-hybridized carbons (Fsp3) is 0.208. The van der Waals surface area contributed by atoms with Crippen LogP contribution in [0.15, 0.2) is 82.1 Å². The van der Waals surface area contributed by atoms with E-state index >= 15 is 0 Å². The lowest BCUT2D eigenvalue weighted by molar-refractivity contribution is 0.175. The van der Waals surface area contributed by atoms with Crippen molar-refractivity contribution in [3.63, 3.8) is 0 Å². The number of nitrogens with zero attached hydrogens (tertiary/aromatic N) is 2. The van der Waals surface area contributed by atoms with Crippen LogP contribution in [-0.4, -0.2) is 23.1 Å². The van der Waals surface area contributed by atoms with Gasteiger partial charge in [0.1, 0.15) is 11.3 Å². The van der Waals surface area contributed by atoms with Crippen molar-refractivity contribution in [2.24, 2.45) is 0 Å². The third kappa shape index (κ3) is 3.23. The highest BCUT2D eigenvalue weighted by Crippen LogP contribution is 2.34. The molecule has 2 aromatic heterocycles. The zero-order valence-electron chi connectivity index (χ0n) is 16.2. The molecule has 2 aromatic carbocycles. The average Bonchev–Trinajstić information content (AvgIpc) is 3.22. The summed E-state index contributed by atoms with van der Waals surface area (Å²) in [5.41, 5.74) is 3.72. The number of aromatic nitrogens is 1. The molecule has 0 saturated heterocycles. The zero-order chi connectivity index (χ0) is 19.8. The highest BCUT2D eigenvalue weighted by Gasteiger charge is 2.29. The van der Waals surface area contributed by atoms with Crippen LogP contribution in [-0.2, 0) is 13.1 Å². The predicted octanol–water partition coefficient (Wildman–Crippen LogP) is 4.21. The lowest BCUT2D eigenvalue weighted by atomic mass is 9.98. The minimum Gasteiger partial charge on any atom is -0.497 e. The summed E-state index contributed by atoms with van der Waals surface area (Å²) >= 11 is 0. The molecule has 29 heavy (non-hydrogen) atoms. The monoisotopic (exact) mass is 386 g/mol. The van der Waals surface area contributed by atoms with Crippen molar-refractivity contribution in [2.45, 2.75) is 19.1 Å². The van der Waals surface area contributed by atoms with Crippen molar-refractivity contribution < 1.29 is 9.15 Å². The van der Waals surface area contributed by atoms with E-state index in [1.807, 2.05) is 18.2 Å². The number of ether oxygens (including phenoxy) is 1. The Hall–Kier alpha value is -3.31. The molecule has 4 aromatic rings. The van der Waals surface area contributed by atoms with Crippen molar-refractivity contribution in [1.29, 1.82) is 0 Å². The summed E-state index contributed by atoms with van der Waals surface area (Å²) in [5, 5.41) is 0.943. The second kappa shape index (κ2) is 7.26. The van der Waals surface area contributed by atoms with Crippen LogP contribution in [0.4, 0.5) is 0 Å². The molecule has 146 valence electrons. The maximum Gasteiger partial charge on any atom is 0.336 e. The normalized spacial score (nSPS) is 16.7. The molecule has 5 nitrogen and oxygen atoms in total. The first-order valence-corrected chi connectivity index (χ1v) is 9.78. The van der Waals surface area contributed by atoms with Crippen LogP contribution in [0, 0.1) is 0 Å². The first kappa shape index (κ1) is 17.8. The Morgan fingerprint density at radius 2 is 1.90 bits per heavy atom. The Kier molecular flexibility index (Phi) is 4.45. The summed E-state index contributed by atoms with van der Waals surface area (Å²) in [6.07, 6.45) is 2.14. The van der Waals surface area contributed by atoms with E-state index in [1.54, 1.807) is 19.2 Å². The molecule has 5 rings (SSSR count). The summed E-state index contributed by atoms with van der Waals surface area (Å²) in [6.45, 7) is 2.50. The zero-order valence-corrected chi connectivity index (χ0v) is 16.2. The minimum absolute atomic E-state index is 0.139. The number of hydrogen-bond donors (Lipinski definition) is 0. The molecule has 3 heterocycles. The van der Waals surface area contributed by atoms with Crippen molar-refractivity contribution in [1.82, 2.24) is 9.47 Å². The van der Waals surface area contributed by atoms with E-state index in [4.69, 9.17) is 9.15 Å². The van der Waals surface area contributed by atoms with E-state index < -0.39 is 0 Å². The molecule has 0 radical (unpaired) electrons. The van der Waals surface area contributed by atoms with Crippen LogP contribution >= 0.6 is 0 Å². The Morgan fingerprint density at radius 3 is 2.72 bits per heavy atom. The summed E-state index contributed by atoms with van der Waals surface area (Å²) in [5.74, 6) is 0.677. The lowest BCUT2D eigenvalue weighted by Gasteiger charge is -2.37. The van der Waals surface area contributed by atoms with Gasteiger partial charge in [0, 0.05) is 49.0 Å². The molecule has 0 aliphatic carbocycles. The van der Waals surface area contributed by atoms with Crippen LogP contribution in [0.5, 0.6) is 5.75 Å². The SMILES string of the molecule is COc1ccc2c(CN3CCn4cccc4[C@@H]3c3ccccc3)cc(=O)oc2c1. The average molecular weight is 386 g/mol. The molecule has 0 unspecified atom stereocenters. The van der Waals surface area contributed by atoms with E-state index in [2.05, 4.69) is 52.1 Å². The van der Waals surface area contributed by atoms with Gasteiger partial charge >= 0.3 is 5.63 Å². The molecule has 0 bridgehead atoms. The molecule has 0 N–H and O–H groups in total. The molecule has 5 heteroatoms. The number of benzene rings is 2. The highest BCUT2D eigenvalue weighted by atomic mass is 16.5. The highest BCUT2D eigenvalue weighted by molar-refractivity contribution is 5.81. The Morgan fingerprint density at radius 1 is 1.03 bits per heavy atom. The topological polar surface area (TPSA) is 47.6 Å². The van der Waals surface area contributed by atoms with E-state index in [1.165, 1.54) is 11.3 Å². The fourth-order valence-corrected chi connectivity index (χ4v) is 4.31. The van der Waals surface area contributed by atoms with Gasteiger partial charge in [0.2, 0.25) is 0 Å². The smallest absolute Gasteiger partial charge is 0.336 e. The Bertz CT molecular complexity index is 1210. The first-order chi connectivity index (χ1) is 14.2. The Labute approximate surface area is 168 Å². The number of hydrogen-bond acceptors (Lipinski definition) is 4. The largest absolute Gasteiger partial charge is 0.497 e. The van der Waals surface area contributed by atoms with Crippen molar-refractivity contribution in [3.8, 4) is 5.75 Å². The van der Waals surface area contributed by atoms with Crippen LogP contribution < -0.4 is 10.4 Å². The van der Waals surface area contributed by atoms with E-state index in [0.29, 0.717) is 17.9 Å². The molecular formula is C24H22N2O3. The quantitative estimate of drug-likeness (QED) is 0.493. The fourth-order valence-electron chi connectivity index (χ4n) is 4.31. The minimum atomic E-state index is -0.336. The van der Waals surface area contributed by atoms with E-state index in [0.717, 1.165) is 24.0 Å². The van der Waals surface area contributed by atoms with Crippen molar-refractivity contribution >= 4 is 11.0 Å². The first-order valence-electron chi connectivity index (χ1n) is 9.78. The molecular weight excluding hydrogens is 364 g/mol. The van der Waals surface area contributed by atoms with Crippen LogP contribution in [0.3, 0.4) is 0 Å². The lowest BCUT2D eigenvalue weighted by Crippen LogP contribution is -2.38. The van der Waals surface area contributed by atoms with E-state index in [-0.39, 0.29) is 11.7 Å². The van der Waals surface area contributed by atoms with Gasteiger partial charge in [-0.15, -0.1) is 0 Å². The van der Waals surface area contributed by atoms with Crippen LogP contribution in [0.25, 0.3) is 11.0 Å². The third-order valence-corrected chi connectivity index (χ3v) is 5.66. The number of fused-ring (bicyclic) bond motifs is 2. The van der Waals surface area contributed by atoms with Gasteiger partial charge in [-0.1, -0.05) is 30.3 Å². The number of methoxy groups -OCH3 is 1. The summed E-state index contributed by atoms with van der Waals surface area (Å²) in [4.78, 5) is 14.7. The molecule has 1 aliphatic heterocycles. The Balaban J connectivity index is 1.58. The standard InChI is InChI=1S/C24H22N2O3/c1-28-19-9-10-20-18(14-23(27)29-22(20)15-19)16-26-13-12-25-11-5-8-21(25)24(26)17-6-3-2-4-7-17/h2-11,14-15,24H,12-13,16H2,1H3/t24-/m0/s1. The molecule has 1 aliphatic rings. The molecule has 1 atom stereocenters. The van der Waals surface area contributed by atoms with Gasteiger partial charge in [0.05, 0.1) is 13.2 Å². The van der Waals surface area contributed by atoms with E-state index in [9.17, 15) is 4.79 Å². The molecule has 0 saturated carbocycles. The maximum absolute atomic E-state index is 12.2. The van der Waals surface area contributed by atoms with Gasteiger partial charge in [-0.2, -0.15) is 0 Å². The molecule has 0 fully saturated rings. The molecule has 0 spiro atoms. The van der Waals surface area contributed by atoms with Gasteiger partial charge in [-0.05, 0) is 35.4 Å². The van der Waals surface area contributed by atoms with Crippen LogP contribution in [0.1, 0.15) is 22.9 Å². The number of rotatable bonds is 4. The molecule has 0 amide bonds. The maximum atomic E-state index is 12.2. The van der Waals surface area contributed by atoms with Gasteiger partial charge in [0.15, 0.2) is 0 Å². The van der Waals surface area contributed by atoms with Gasteiger partial charge in [-0.3, -0.25) is 4.90 Å². The predicted molar refractivity (Wildman–Crippen MR) is 112 cm³/mol. The summed E-state index contributed by atoms with van der Waals surface area (Å²) in [7, 11) is 1.61. The van der Waals surface area contributed by atoms with Crippen LogP contribution in [0.2, 0.25) is 0 Å². The third-order valence-electron chi connectivity index (χ3n) is 5.66.